The number of aryl methyl sites for hydroxylation is 1. The van der Waals surface area contributed by atoms with E-state index in [2.05, 4.69) is 10.6 Å². The quantitative estimate of drug-likeness (QED) is 0.708. The van der Waals surface area contributed by atoms with Crippen molar-refractivity contribution in [2.45, 2.75) is 25.8 Å². The summed E-state index contributed by atoms with van der Waals surface area (Å²) >= 11 is 0. The van der Waals surface area contributed by atoms with Crippen molar-refractivity contribution >= 4 is 23.0 Å². The van der Waals surface area contributed by atoms with Crippen LogP contribution in [0, 0.1) is 0 Å². The molecule has 0 radical (unpaired) electrons. The first kappa shape index (κ1) is 12.7. The van der Waals surface area contributed by atoms with Crippen LogP contribution in [-0.2, 0) is 16.0 Å². The molecule has 18 heavy (non-hydrogen) atoms. The van der Waals surface area contributed by atoms with Gasteiger partial charge in [-0.3, -0.25) is 4.79 Å². The maximum absolute atomic E-state index is 11.3. The molecule has 1 aliphatic rings. The first-order chi connectivity index (χ1) is 8.60. The van der Waals surface area contributed by atoms with E-state index in [4.69, 9.17) is 10.5 Å². The number of ether oxygens (including phenoxy) is 1. The lowest BCUT2D eigenvalue weighted by Gasteiger charge is -2.21. The van der Waals surface area contributed by atoms with E-state index in [1.807, 2.05) is 19.1 Å². The van der Waals surface area contributed by atoms with Gasteiger partial charge < -0.3 is 21.1 Å². The lowest BCUT2D eigenvalue weighted by Crippen LogP contribution is -2.23. The van der Waals surface area contributed by atoms with Crippen LogP contribution in [0.5, 0.6) is 0 Å². The first-order valence-corrected chi connectivity index (χ1v) is 6.08. The molecule has 0 saturated carbocycles. The predicted molar refractivity (Wildman–Crippen MR) is 72.8 cm³/mol. The van der Waals surface area contributed by atoms with Crippen molar-refractivity contribution < 1.29 is 9.53 Å². The van der Waals surface area contributed by atoms with Crippen LogP contribution in [0.2, 0.25) is 0 Å². The number of nitrogen functional groups attached to an aromatic ring is 1. The number of fused-ring (bicyclic) bond motifs is 1. The Hall–Kier alpha value is -1.75. The van der Waals surface area contributed by atoms with Gasteiger partial charge in [-0.15, -0.1) is 0 Å². The van der Waals surface area contributed by atoms with Crippen molar-refractivity contribution in [2.24, 2.45) is 0 Å². The topological polar surface area (TPSA) is 76.4 Å². The number of hydrogen-bond donors (Lipinski definition) is 3. The number of rotatable bonds is 4. The van der Waals surface area contributed by atoms with Gasteiger partial charge in [0.1, 0.15) is 0 Å². The SMILES string of the molecule is COCC(C)Nc1cc2c(cc1N)NC(=O)CC2. The molecule has 2 rings (SSSR count). The zero-order valence-corrected chi connectivity index (χ0v) is 10.7. The molecule has 0 fully saturated rings. The molecule has 5 nitrogen and oxygen atoms in total. The maximum atomic E-state index is 11.3. The van der Waals surface area contributed by atoms with E-state index in [0.717, 1.165) is 23.4 Å². The fourth-order valence-corrected chi connectivity index (χ4v) is 2.13. The monoisotopic (exact) mass is 249 g/mol. The van der Waals surface area contributed by atoms with Crippen molar-refractivity contribution in [3.05, 3.63) is 17.7 Å². The molecule has 1 aromatic rings. The van der Waals surface area contributed by atoms with Crippen molar-refractivity contribution in [3.63, 3.8) is 0 Å². The van der Waals surface area contributed by atoms with E-state index in [0.29, 0.717) is 18.7 Å². The summed E-state index contributed by atoms with van der Waals surface area (Å²) in [6, 6.07) is 4.01. The highest BCUT2D eigenvalue weighted by Gasteiger charge is 2.17. The molecule has 0 aromatic heterocycles. The Kier molecular flexibility index (Phi) is 3.72. The van der Waals surface area contributed by atoms with Gasteiger partial charge in [0, 0.05) is 25.3 Å². The van der Waals surface area contributed by atoms with Crippen LogP contribution in [0.3, 0.4) is 0 Å². The smallest absolute Gasteiger partial charge is 0.224 e. The van der Waals surface area contributed by atoms with Gasteiger partial charge in [-0.05, 0) is 31.0 Å². The zero-order valence-electron chi connectivity index (χ0n) is 10.7. The number of methoxy groups -OCH3 is 1. The minimum atomic E-state index is 0.0513. The molecule has 0 bridgehead atoms. The van der Waals surface area contributed by atoms with Gasteiger partial charge >= 0.3 is 0 Å². The largest absolute Gasteiger partial charge is 0.397 e. The standard InChI is InChI=1S/C13H19N3O2/c1-8(7-18-2)15-12-5-9-3-4-13(17)16-11(9)6-10(12)14/h5-6,8,15H,3-4,7,14H2,1-2H3,(H,16,17). The third-order valence-electron chi connectivity index (χ3n) is 2.99. The summed E-state index contributed by atoms with van der Waals surface area (Å²) in [6.07, 6.45) is 1.29. The normalized spacial score (nSPS) is 15.8. The molecule has 1 unspecified atom stereocenters. The lowest BCUT2D eigenvalue weighted by atomic mass is 10.0. The molecule has 0 saturated heterocycles. The van der Waals surface area contributed by atoms with Crippen molar-refractivity contribution in [2.75, 3.05) is 30.1 Å². The number of anilines is 3. The zero-order chi connectivity index (χ0) is 13.1. The fraction of sp³-hybridized carbons (Fsp3) is 0.462. The van der Waals surface area contributed by atoms with E-state index >= 15 is 0 Å². The van der Waals surface area contributed by atoms with Gasteiger partial charge in [0.25, 0.3) is 0 Å². The molecule has 1 amide bonds. The minimum Gasteiger partial charge on any atom is -0.397 e. The Morgan fingerprint density at radius 2 is 2.28 bits per heavy atom. The Morgan fingerprint density at radius 3 is 3.00 bits per heavy atom. The Balaban J connectivity index is 2.20. The van der Waals surface area contributed by atoms with Gasteiger partial charge in [-0.1, -0.05) is 0 Å². The molecule has 98 valence electrons. The highest BCUT2D eigenvalue weighted by molar-refractivity contribution is 5.95. The molecule has 1 aromatic carbocycles. The summed E-state index contributed by atoms with van der Waals surface area (Å²) in [4.78, 5) is 11.3. The lowest BCUT2D eigenvalue weighted by molar-refractivity contribution is -0.116. The van der Waals surface area contributed by atoms with E-state index in [1.54, 1.807) is 7.11 Å². The molecule has 1 atom stereocenters. The van der Waals surface area contributed by atoms with E-state index in [1.165, 1.54) is 0 Å². The highest BCUT2D eigenvalue weighted by atomic mass is 16.5. The highest BCUT2D eigenvalue weighted by Crippen LogP contribution is 2.31. The Labute approximate surface area is 107 Å². The van der Waals surface area contributed by atoms with Crippen LogP contribution >= 0.6 is 0 Å². The molecule has 1 heterocycles. The van der Waals surface area contributed by atoms with Gasteiger partial charge in [0.15, 0.2) is 0 Å². The Morgan fingerprint density at radius 1 is 1.50 bits per heavy atom. The number of nitrogens with one attached hydrogen (secondary N) is 2. The van der Waals surface area contributed by atoms with Gasteiger partial charge in [-0.2, -0.15) is 0 Å². The van der Waals surface area contributed by atoms with Gasteiger partial charge in [0.05, 0.1) is 18.0 Å². The summed E-state index contributed by atoms with van der Waals surface area (Å²) in [5.41, 5.74) is 9.46. The minimum absolute atomic E-state index is 0.0513. The summed E-state index contributed by atoms with van der Waals surface area (Å²) in [6.45, 7) is 2.65. The average Bonchev–Trinajstić information content (AvgIpc) is 2.31. The van der Waals surface area contributed by atoms with Crippen LogP contribution in [0.4, 0.5) is 17.1 Å². The van der Waals surface area contributed by atoms with E-state index in [-0.39, 0.29) is 11.9 Å². The van der Waals surface area contributed by atoms with Crippen molar-refractivity contribution in [3.8, 4) is 0 Å². The molecule has 1 aliphatic heterocycles. The van der Waals surface area contributed by atoms with Crippen LogP contribution in [0.25, 0.3) is 0 Å². The third-order valence-corrected chi connectivity index (χ3v) is 2.99. The molecule has 0 aliphatic carbocycles. The van der Waals surface area contributed by atoms with Gasteiger partial charge in [0.2, 0.25) is 5.91 Å². The predicted octanol–water partition coefficient (Wildman–Crippen LogP) is 1.60. The maximum Gasteiger partial charge on any atom is 0.224 e. The summed E-state index contributed by atoms with van der Waals surface area (Å²) < 4.78 is 5.08. The molecule has 5 heteroatoms. The molecular formula is C13H19N3O2. The van der Waals surface area contributed by atoms with Crippen molar-refractivity contribution in [1.29, 1.82) is 0 Å². The molecule has 0 spiro atoms. The second-order valence-electron chi connectivity index (χ2n) is 4.65. The van der Waals surface area contributed by atoms with Crippen LogP contribution < -0.4 is 16.4 Å². The number of carbonyl (C=O) groups is 1. The average molecular weight is 249 g/mol. The summed E-state index contributed by atoms with van der Waals surface area (Å²) in [5, 5.41) is 6.14. The number of nitrogens with two attached hydrogens (primary N) is 1. The summed E-state index contributed by atoms with van der Waals surface area (Å²) in [5.74, 6) is 0.0513. The van der Waals surface area contributed by atoms with E-state index in [9.17, 15) is 4.79 Å². The van der Waals surface area contributed by atoms with Crippen molar-refractivity contribution in [1.82, 2.24) is 0 Å². The second kappa shape index (κ2) is 5.27. The second-order valence-corrected chi connectivity index (χ2v) is 4.65. The Bertz CT molecular complexity index is 460. The van der Waals surface area contributed by atoms with Crippen LogP contribution in [-0.4, -0.2) is 25.7 Å². The molecular weight excluding hydrogens is 230 g/mol. The number of carbonyl (C=O) groups excluding carboxylic acids is 1. The van der Waals surface area contributed by atoms with Crippen LogP contribution in [0.15, 0.2) is 12.1 Å². The summed E-state index contributed by atoms with van der Waals surface area (Å²) in [7, 11) is 1.67. The van der Waals surface area contributed by atoms with Crippen LogP contribution in [0.1, 0.15) is 18.9 Å². The number of amides is 1. The van der Waals surface area contributed by atoms with Gasteiger partial charge in [-0.25, -0.2) is 0 Å². The first-order valence-electron chi connectivity index (χ1n) is 6.08. The number of benzene rings is 1. The molecule has 4 N–H and O–H groups in total. The van der Waals surface area contributed by atoms with E-state index < -0.39 is 0 Å². The fourth-order valence-electron chi connectivity index (χ4n) is 2.13. The number of hydrogen-bond acceptors (Lipinski definition) is 4. The third kappa shape index (κ3) is 2.73.